The normalized spacial score (nSPS) is 25.4. The molecule has 2 aliphatic rings. The van der Waals surface area contributed by atoms with E-state index in [1.165, 1.54) is 0 Å². The summed E-state index contributed by atoms with van der Waals surface area (Å²) in [7, 11) is 0. The van der Waals surface area contributed by atoms with Crippen molar-refractivity contribution in [3.05, 3.63) is 0 Å². The lowest BCUT2D eigenvalue weighted by Gasteiger charge is -2.29. The number of rotatable bonds is 2. The molecule has 19 heavy (non-hydrogen) atoms. The molecule has 5 nitrogen and oxygen atoms in total. The summed E-state index contributed by atoms with van der Waals surface area (Å²) in [5.74, 6) is 0.849. The number of piperidine rings is 1. The Morgan fingerprint density at radius 2 is 1.79 bits per heavy atom. The molecule has 0 aliphatic carbocycles. The van der Waals surface area contributed by atoms with Crippen LogP contribution in [0.3, 0.4) is 0 Å². The summed E-state index contributed by atoms with van der Waals surface area (Å²) in [6, 6.07) is 0. The first-order chi connectivity index (χ1) is 9.06. The van der Waals surface area contributed by atoms with Gasteiger partial charge in [-0.15, -0.1) is 0 Å². The van der Waals surface area contributed by atoms with E-state index in [1.807, 2.05) is 0 Å². The third kappa shape index (κ3) is 3.78. The molecule has 106 valence electrons. The fourth-order valence-electron chi connectivity index (χ4n) is 2.61. The zero-order valence-electron chi connectivity index (χ0n) is 11.6. The average molecular weight is 266 g/mol. The van der Waals surface area contributed by atoms with Crippen molar-refractivity contribution in [1.29, 1.82) is 0 Å². The van der Waals surface area contributed by atoms with Crippen LogP contribution < -0.4 is 0 Å². The van der Waals surface area contributed by atoms with Crippen molar-refractivity contribution < 1.29 is 14.4 Å². The lowest BCUT2D eigenvalue weighted by Crippen LogP contribution is -2.45. The van der Waals surface area contributed by atoms with E-state index < -0.39 is 0 Å². The van der Waals surface area contributed by atoms with Crippen molar-refractivity contribution in [3.8, 4) is 0 Å². The van der Waals surface area contributed by atoms with Gasteiger partial charge in [-0.3, -0.25) is 14.4 Å². The number of likely N-dealkylation sites (tertiary alicyclic amines) is 2. The maximum Gasteiger partial charge on any atom is 0.242 e. The molecule has 2 fully saturated rings. The summed E-state index contributed by atoms with van der Waals surface area (Å²) in [6.45, 7) is 4.03. The molecule has 0 radical (unpaired) electrons. The molecule has 0 aromatic rings. The molecule has 2 heterocycles. The van der Waals surface area contributed by atoms with E-state index in [0.717, 1.165) is 12.8 Å². The zero-order chi connectivity index (χ0) is 13.8. The molecule has 0 saturated carbocycles. The minimum Gasteiger partial charge on any atom is -0.340 e. The fourth-order valence-corrected chi connectivity index (χ4v) is 2.61. The first-order valence-corrected chi connectivity index (χ1v) is 7.13. The first kappa shape index (κ1) is 14.0. The van der Waals surface area contributed by atoms with E-state index in [1.54, 1.807) is 9.80 Å². The van der Waals surface area contributed by atoms with Crippen molar-refractivity contribution in [1.82, 2.24) is 9.80 Å². The Kier molecular flexibility index (Phi) is 4.56. The lowest BCUT2D eigenvalue weighted by atomic mass is 10.0. The van der Waals surface area contributed by atoms with Gasteiger partial charge in [0.05, 0.1) is 6.54 Å². The molecule has 2 saturated heterocycles. The van der Waals surface area contributed by atoms with Crippen LogP contribution in [0.5, 0.6) is 0 Å². The van der Waals surface area contributed by atoms with Gasteiger partial charge in [0.25, 0.3) is 0 Å². The van der Waals surface area contributed by atoms with Crippen LogP contribution in [0.4, 0.5) is 0 Å². The number of nitrogens with zero attached hydrogens (tertiary/aromatic N) is 2. The van der Waals surface area contributed by atoms with Gasteiger partial charge in [-0.1, -0.05) is 6.92 Å². The molecule has 2 amide bonds. The second-order valence-electron chi connectivity index (χ2n) is 5.67. The van der Waals surface area contributed by atoms with Crippen molar-refractivity contribution in [2.45, 2.75) is 39.0 Å². The van der Waals surface area contributed by atoms with E-state index >= 15 is 0 Å². The molecule has 0 N–H and O–H groups in total. The molecule has 0 bridgehead atoms. The van der Waals surface area contributed by atoms with Crippen LogP contribution >= 0.6 is 0 Å². The predicted molar refractivity (Wildman–Crippen MR) is 70.4 cm³/mol. The van der Waals surface area contributed by atoms with Gasteiger partial charge in [-0.05, 0) is 18.8 Å². The molecular weight excluding hydrogens is 244 g/mol. The minimum atomic E-state index is -0.0181. The monoisotopic (exact) mass is 266 g/mol. The molecule has 2 aliphatic heterocycles. The van der Waals surface area contributed by atoms with Crippen molar-refractivity contribution in [2.24, 2.45) is 5.92 Å². The SMILES string of the molecule is CC1CCC(=O)N(CC(=O)N2CCC(=O)CC2)CC1. The maximum atomic E-state index is 12.1. The van der Waals surface area contributed by atoms with Gasteiger partial charge < -0.3 is 9.80 Å². The van der Waals surface area contributed by atoms with Crippen LogP contribution in [0.15, 0.2) is 0 Å². The van der Waals surface area contributed by atoms with Crippen LogP contribution in [0.25, 0.3) is 0 Å². The Labute approximate surface area is 113 Å². The highest BCUT2D eigenvalue weighted by Crippen LogP contribution is 2.17. The van der Waals surface area contributed by atoms with E-state index in [0.29, 0.717) is 44.8 Å². The molecule has 2 rings (SSSR count). The Hall–Kier alpha value is -1.39. The standard InChI is InChI=1S/C14H22N2O3/c1-11-2-3-13(18)16(7-4-11)10-14(19)15-8-5-12(17)6-9-15/h11H,2-10H2,1H3. The van der Waals surface area contributed by atoms with E-state index in [9.17, 15) is 14.4 Å². The molecular formula is C14H22N2O3. The van der Waals surface area contributed by atoms with Gasteiger partial charge in [0, 0.05) is 38.9 Å². The quantitative estimate of drug-likeness (QED) is 0.743. The topological polar surface area (TPSA) is 57.7 Å². The van der Waals surface area contributed by atoms with Crippen LogP contribution in [-0.2, 0) is 14.4 Å². The minimum absolute atomic E-state index is 0.0181. The lowest BCUT2D eigenvalue weighted by molar-refractivity contribution is -0.141. The summed E-state index contributed by atoms with van der Waals surface area (Å²) in [5.41, 5.74) is 0. The van der Waals surface area contributed by atoms with Gasteiger partial charge in [0.15, 0.2) is 0 Å². The van der Waals surface area contributed by atoms with E-state index in [-0.39, 0.29) is 24.1 Å². The Balaban J connectivity index is 1.87. The summed E-state index contributed by atoms with van der Waals surface area (Å²) < 4.78 is 0. The molecule has 1 unspecified atom stereocenters. The molecule has 0 aromatic heterocycles. The van der Waals surface area contributed by atoms with Gasteiger partial charge in [-0.25, -0.2) is 0 Å². The summed E-state index contributed by atoms with van der Waals surface area (Å²) in [6.07, 6.45) is 3.35. The summed E-state index contributed by atoms with van der Waals surface area (Å²) in [5, 5.41) is 0. The van der Waals surface area contributed by atoms with Gasteiger partial charge >= 0.3 is 0 Å². The van der Waals surface area contributed by atoms with E-state index in [4.69, 9.17) is 0 Å². The van der Waals surface area contributed by atoms with Gasteiger partial charge in [-0.2, -0.15) is 0 Å². The van der Waals surface area contributed by atoms with Gasteiger partial charge in [0.2, 0.25) is 11.8 Å². The van der Waals surface area contributed by atoms with Crippen LogP contribution in [0.2, 0.25) is 0 Å². The number of hydrogen-bond acceptors (Lipinski definition) is 3. The molecule has 0 spiro atoms. The Morgan fingerprint density at radius 3 is 2.47 bits per heavy atom. The third-order valence-corrected chi connectivity index (χ3v) is 4.10. The van der Waals surface area contributed by atoms with Crippen LogP contribution in [0, 0.1) is 5.92 Å². The number of carbonyl (C=O) groups is 3. The van der Waals surface area contributed by atoms with Crippen LogP contribution in [-0.4, -0.2) is 53.6 Å². The molecule has 1 atom stereocenters. The largest absolute Gasteiger partial charge is 0.340 e. The number of Topliss-reactive ketones (excluding diaryl/α,β-unsaturated/α-hetero) is 1. The van der Waals surface area contributed by atoms with Crippen LogP contribution in [0.1, 0.15) is 39.0 Å². The Bertz CT molecular complexity index is 371. The third-order valence-electron chi connectivity index (χ3n) is 4.10. The number of carbonyl (C=O) groups excluding carboxylic acids is 3. The number of hydrogen-bond donors (Lipinski definition) is 0. The highest BCUT2D eigenvalue weighted by molar-refractivity contribution is 5.87. The highest BCUT2D eigenvalue weighted by atomic mass is 16.2. The highest BCUT2D eigenvalue weighted by Gasteiger charge is 2.26. The van der Waals surface area contributed by atoms with Gasteiger partial charge in [0.1, 0.15) is 5.78 Å². The molecule has 5 heteroatoms. The second-order valence-corrected chi connectivity index (χ2v) is 5.67. The van der Waals surface area contributed by atoms with Crippen molar-refractivity contribution >= 4 is 17.6 Å². The number of amides is 2. The molecule has 0 aromatic carbocycles. The summed E-state index contributed by atoms with van der Waals surface area (Å²) >= 11 is 0. The van der Waals surface area contributed by atoms with Crippen molar-refractivity contribution in [3.63, 3.8) is 0 Å². The average Bonchev–Trinajstić information content (AvgIpc) is 2.55. The van der Waals surface area contributed by atoms with Crippen molar-refractivity contribution in [2.75, 3.05) is 26.2 Å². The number of ketones is 1. The second kappa shape index (κ2) is 6.17. The zero-order valence-corrected chi connectivity index (χ0v) is 11.6. The Morgan fingerprint density at radius 1 is 1.11 bits per heavy atom. The first-order valence-electron chi connectivity index (χ1n) is 7.13. The fraction of sp³-hybridized carbons (Fsp3) is 0.786. The maximum absolute atomic E-state index is 12.1. The van der Waals surface area contributed by atoms with E-state index in [2.05, 4.69) is 6.92 Å². The smallest absolute Gasteiger partial charge is 0.242 e. The summed E-state index contributed by atoms with van der Waals surface area (Å²) in [4.78, 5) is 38.6. The predicted octanol–water partition coefficient (Wildman–Crippen LogP) is 0.826.